The van der Waals surface area contributed by atoms with Gasteiger partial charge in [-0.15, -0.1) is 23.2 Å². The molecule has 0 aromatic heterocycles. The van der Waals surface area contributed by atoms with Gasteiger partial charge in [0.05, 0.1) is 12.8 Å². The molecule has 1 rings (SSSR count). The van der Waals surface area contributed by atoms with E-state index in [1.807, 2.05) is 32.9 Å². The number of amides is 1. The molecule has 0 radical (unpaired) electrons. The zero-order valence-corrected chi connectivity index (χ0v) is 26.7. The molecule has 1 amide bonds. The van der Waals surface area contributed by atoms with Crippen LogP contribution in [0.2, 0.25) is 0 Å². The Kier molecular flexibility index (Phi) is 15.0. The molecule has 0 saturated carbocycles. The second kappa shape index (κ2) is 16.3. The molecular formula is C27H47Cl2N2O6P. The first-order valence-electron chi connectivity index (χ1n) is 13.3. The van der Waals surface area contributed by atoms with Crippen molar-refractivity contribution in [1.29, 1.82) is 0 Å². The number of nitrogens with zero attached hydrogens (tertiary/aromatic N) is 1. The molecule has 1 aromatic rings. The van der Waals surface area contributed by atoms with Crippen LogP contribution in [-0.2, 0) is 29.7 Å². The maximum absolute atomic E-state index is 14.4. The zero-order chi connectivity index (χ0) is 29.0. The van der Waals surface area contributed by atoms with Crippen molar-refractivity contribution in [3.8, 4) is 0 Å². The summed E-state index contributed by atoms with van der Waals surface area (Å²) in [6.07, 6.45) is -0.215. The Hall–Kier alpha value is -1.02. The maximum atomic E-state index is 14.4. The molecule has 2 atom stereocenters. The van der Waals surface area contributed by atoms with Gasteiger partial charge in [-0.05, 0) is 85.1 Å². The summed E-state index contributed by atoms with van der Waals surface area (Å²) in [5.74, 6) is 0.932. The van der Waals surface area contributed by atoms with Crippen molar-refractivity contribution in [2.24, 2.45) is 0 Å². The highest BCUT2D eigenvalue weighted by Gasteiger charge is 2.49. The van der Waals surface area contributed by atoms with Crippen LogP contribution >= 0.6 is 30.6 Å². The Labute approximate surface area is 239 Å². The van der Waals surface area contributed by atoms with Gasteiger partial charge in [-0.25, -0.2) is 4.79 Å². The first-order valence-corrected chi connectivity index (χ1v) is 16.1. The quantitative estimate of drug-likeness (QED) is 0.120. The summed E-state index contributed by atoms with van der Waals surface area (Å²) in [7, 11) is -3.60. The average molecular weight is 598 g/mol. The molecule has 1 aromatic carbocycles. The highest BCUT2D eigenvalue weighted by atomic mass is 35.5. The molecule has 11 heteroatoms. The Morgan fingerprint density at radius 1 is 1.03 bits per heavy atom. The van der Waals surface area contributed by atoms with E-state index in [-0.39, 0.29) is 26.0 Å². The standard InChI is InChI=1S/C27H47Cl2N2O6P/c1-9-34-27(8,35-10-2)38(33,36-11-3)20-23(30-25(32)37-26(5,6)7)18-22-19-24(13-12-21(22)4)31(16-14-28)17-15-29/h12-13,19,23H,9-11,14-18,20H2,1-8H3,(H,30,32). The van der Waals surface area contributed by atoms with Gasteiger partial charge in [0.2, 0.25) is 5.53 Å². The summed E-state index contributed by atoms with van der Waals surface area (Å²) in [6, 6.07) is 5.53. The number of benzene rings is 1. The number of aryl methyl sites for hydroxylation is 1. The van der Waals surface area contributed by atoms with E-state index in [4.69, 9.17) is 41.9 Å². The first-order chi connectivity index (χ1) is 17.8. The Bertz CT molecular complexity index is 900. The lowest BCUT2D eigenvalue weighted by atomic mass is 10.0. The summed E-state index contributed by atoms with van der Waals surface area (Å²) in [5.41, 5.74) is 0.835. The topological polar surface area (TPSA) is 86.3 Å². The van der Waals surface area contributed by atoms with Crippen molar-refractivity contribution >= 4 is 42.4 Å². The van der Waals surface area contributed by atoms with Gasteiger partial charge in [0.1, 0.15) is 5.60 Å². The van der Waals surface area contributed by atoms with Crippen LogP contribution in [0.4, 0.5) is 10.5 Å². The minimum absolute atomic E-state index is 0.00662. The second-order valence-corrected chi connectivity index (χ2v) is 13.6. The number of rotatable bonds is 17. The Balaban J connectivity index is 3.48. The number of hydrogen-bond donors (Lipinski definition) is 1. The van der Waals surface area contributed by atoms with Crippen molar-refractivity contribution in [1.82, 2.24) is 5.32 Å². The van der Waals surface area contributed by atoms with E-state index in [9.17, 15) is 9.36 Å². The summed E-state index contributed by atoms with van der Waals surface area (Å²) < 4.78 is 37.6. The van der Waals surface area contributed by atoms with Gasteiger partial charge in [0, 0.05) is 49.8 Å². The minimum Gasteiger partial charge on any atom is -0.444 e. The van der Waals surface area contributed by atoms with Gasteiger partial charge in [-0.3, -0.25) is 4.57 Å². The molecule has 0 saturated heterocycles. The van der Waals surface area contributed by atoms with Gasteiger partial charge < -0.3 is 29.0 Å². The van der Waals surface area contributed by atoms with E-state index >= 15 is 0 Å². The fourth-order valence-corrected chi connectivity index (χ4v) is 7.11. The van der Waals surface area contributed by atoms with E-state index < -0.39 is 30.6 Å². The molecule has 0 spiro atoms. The van der Waals surface area contributed by atoms with Gasteiger partial charge in [0.25, 0.3) is 7.37 Å². The number of carbonyl (C=O) groups is 1. The molecule has 0 fully saturated rings. The van der Waals surface area contributed by atoms with Gasteiger partial charge >= 0.3 is 6.09 Å². The third-order valence-electron chi connectivity index (χ3n) is 5.84. The fraction of sp³-hybridized carbons (Fsp3) is 0.741. The normalized spacial score (nSPS) is 14.6. The number of anilines is 1. The SMILES string of the molecule is CCOC(C)(OCC)P(=O)(CC(Cc1cc(N(CCCl)CCCl)ccc1C)NC(=O)OC(C)(C)C)OCC. The highest BCUT2D eigenvalue weighted by molar-refractivity contribution is 7.60. The smallest absolute Gasteiger partial charge is 0.407 e. The maximum Gasteiger partial charge on any atom is 0.407 e. The van der Waals surface area contributed by atoms with Crippen LogP contribution in [0.1, 0.15) is 59.6 Å². The Morgan fingerprint density at radius 3 is 2.08 bits per heavy atom. The van der Waals surface area contributed by atoms with Crippen molar-refractivity contribution in [3.63, 3.8) is 0 Å². The van der Waals surface area contributed by atoms with Crippen molar-refractivity contribution in [2.45, 2.75) is 79.0 Å². The third-order valence-corrected chi connectivity index (χ3v) is 9.27. The number of alkyl carbamates (subject to hydrolysis) is 1. The second-order valence-electron chi connectivity index (χ2n) is 10.1. The zero-order valence-electron chi connectivity index (χ0n) is 24.3. The van der Waals surface area contributed by atoms with Crippen LogP contribution in [-0.4, -0.2) is 74.1 Å². The number of hydrogen-bond acceptors (Lipinski definition) is 7. The number of carbonyl (C=O) groups excluding carboxylic acids is 1. The Morgan fingerprint density at radius 2 is 1.61 bits per heavy atom. The lowest BCUT2D eigenvalue weighted by Gasteiger charge is -2.38. The van der Waals surface area contributed by atoms with Crippen LogP contribution in [0.5, 0.6) is 0 Å². The molecule has 0 heterocycles. The van der Waals surface area contributed by atoms with E-state index in [0.29, 0.717) is 31.3 Å². The molecule has 8 nitrogen and oxygen atoms in total. The van der Waals surface area contributed by atoms with Crippen molar-refractivity contribution in [2.75, 3.05) is 55.7 Å². The monoisotopic (exact) mass is 596 g/mol. The van der Waals surface area contributed by atoms with E-state index in [1.165, 1.54) is 0 Å². The number of halogens is 2. The van der Waals surface area contributed by atoms with Gasteiger partial charge in [-0.1, -0.05) is 6.07 Å². The summed E-state index contributed by atoms with van der Waals surface area (Å²) >= 11 is 12.1. The molecule has 38 heavy (non-hydrogen) atoms. The molecule has 220 valence electrons. The predicted octanol–water partition coefficient (Wildman–Crippen LogP) is 6.78. The minimum atomic E-state index is -3.60. The highest BCUT2D eigenvalue weighted by Crippen LogP contribution is 2.60. The van der Waals surface area contributed by atoms with E-state index in [0.717, 1.165) is 16.8 Å². The number of ether oxygens (including phenoxy) is 3. The lowest BCUT2D eigenvalue weighted by molar-refractivity contribution is -0.168. The largest absolute Gasteiger partial charge is 0.444 e. The molecular weight excluding hydrogens is 550 g/mol. The molecule has 1 N–H and O–H groups in total. The fourth-order valence-electron chi connectivity index (χ4n) is 4.16. The van der Waals surface area contributed by atoms with E-state index in [1.54, 1.807) is 34.6 Å². The molecule has 0 bridgehead atoms. The first kappa shape index (κ1) is 35.0. The predicted molar refractivity (Wildman–Crippen MR) is 157 cm³/mol. The molecule has 0 aliphatic heterocycles. The summed E-state index contributed by atoms with van der Waals surface area (Å²) in [5, 5.41) is 2.94. The third kappa shape index (κ3) is 10.9. The van der Waals surface area contributed by atoms with Crippen molar-refractivity contribution < 1.29 is 28.1 Å². The molecule has 0 aliphatic carbocycles. The lowest BCUT2D eigenvalue weighted by Crippen LogP contribution is -2.45. The summed E-state index contributed by atoms with van der Waals surface area (Å²) in [6.45, 7) is 16.5. The van der Waals surface area contributed by atoms with Crippen LogP contribution in [0.15, 0.2) is 18.2 Å². The van der Waals surface area contributed by atoms with Gasteiger partial charge in [0.15, 0.2) is 0 Å². The molecule has 0 aliphatic rings. The average Bonchev–Trinajstić information content (AvgIpc) is 2.79. The molecule has 2 unspecified atom stereocenters. The number of alkyl halides is 2. The van der Waals surface area contributed by atoms with Crippen LogP contribution in [0.3, 0.4) is 0 Å². The van der Waals surface area contributed by atoms with Crippen molar-refractivity contribution in [3.05, 3.63) is 29.3 Å². The number of nitrogens with one attached hydrogen (secondary N) is 1. The summed E-state index contributed by atoms with van der Waals surface area (Å²) in [4.78, 5) is 15.0. The van der Waals surface area contributed by atoms with Crippen LogP contribution in [0.25, 0.3) is 0 Å². The van der Waals surface area contributed by atoms with Crippen LogP contribution < -0.4 is 10.2 Å². The van der Waals surface area contributed by atoms with Gasteiger partial charge in [-0.2, -0.15) is 0 Å². The van der Waals surface area contributed by atoms with Crippen LogP contribution in [0, 0.1) is 6.92 Å². The van der Waals surface area contributed by atoms with E-state index in [2.05, 4.69) is 16.3 Å².